The standard InChI is InChI=1S/C16H18BrN3O2S/c1-18-16-19(2)15(21)14(23-16)10-11-3-4-13(12(17)9-11)20-5-7-22-8-6-20/h3-4,9-10H,5-8H2,1-2H3/b14-10-,18-16?. The molecule has 0 saturated carbocycles. The van der Waals surface area contributed by atoms with Crippen LogP contribution in [0, 0.1) is 0 Å². The van der Waals surface area contributed by atoms with Gasteiger partial charge in [0.25, 0.3) is 5.91 Å². The molecule has 23 heavy (non-hydrogen) atoms. The summed E-state index contributed by atoms with van der Waals surface area (Å²) in [7, 11) is 3.44. The number of hydrogen-bond donors (Lipinski definition) is 0. The Labute approximate surface area is 148 Å². The molecule has 2 saturated heterocycles. The molecule has 0 atom stereocenters. The average molecular weight is 396 g/mol. The van der Waals surface area contributed by atoms with Crippen molar-refractivity contribution in [2.75, 3.05) is 45.3 Å². The van der Waals surface area contributed by atoms with E-state index in [0.29, 0.717) is 4.91 Å². The Morgan fingerprint density at radius 2 is 2.09 bits per heavy atom. The highest BCUT2D eigenvalue weighted by Crippen LogP contribution is 2.33. The number of halogens is 1. The quantitative estimate of drug-likeness (QED) is 0.722. The number of carbonyl (C=O) groups is 1. The number of thioether (sulfide) groups is 1. The summed E-state index contributed by atoms with van der Waals surface area (Å²) < 4.78 is 6.42. The molecule has 0 aliphatic carbocycles. The van der Waals surface area contributed by atoms with Gasteiger partial charge < -0.3 is 9.64 Å². The second-order valence-corrected chi connectivity index (χ2v) is 7.15. The molecule has 0 bridgehead atoms. The van der Waals surface area contributed by atoms with Gasteiger partial charge in [-0.1, -0.05) is 6.07 Å². The Kier molecular flexibility index (Phi) is 5.08. The van der Waals surface area contributed by atoms with Crippen molar-refractivity contribution in [3.05, 3.63) is 33.1 Å². The highest BCUT2D eigenvalue weighted by Gasteiger charge is 2.29. The minimum Gasteiger partial charge on any atom is -0.378 e. The minimum atomic E-state index is -0.0102. The monoisotopic (exact) mass is 395 g/mol. The summed E-state index contributed by atoms with van der Waals surface area (Å²) in [5.74, 6) is -0.0102. The fraction of sp³-hybridized carbons (Fsp3) is 0.375. The first-order valence-electron chi connectivity index (χ1n) is 7.37. The summed E-state index contributed by atoms with van der Waals surface area (Å²) in [5, 5.41) is 0.727. The second kappa shape index (κ2) is 7.07. The predicted molar refractivity (Wildman–Crippen MR) is 98.9 cm³/mol. The molecule has 0 spiro atoms. The molecular weight excluding hydrogens is 378 g/mol. The van der Waals surface area contributed by atoms with Crippen molar-refractivity contribution in [1.29, 1.82) is 0 Å². The van der Waals surface area contributed by atoms with Gasteiger partial charge in [0.1, 0.15) is 0 Å². The fourth-order valence-electron chi connectivity index (χ4n) is 2.57. The van der Waals surface area contributed by atoms with E-state index in [9.17, 15) is 4.79 Å². The maximum Gasteiger partial charge on any atom is 0.266 e. The van der Waals surface area contributed by atoms with Gasteiger partial charge in [0.05, 0.1) is 23.8 Å². The van der Waals surface area contributed by atoms with Gasteiger partial charge in [0.2, 0.25) is 0 Å². The lowest BCUT2D eigenvalue weighted by molar-refractivity contribution is -0.121. The lowest BCUT2D eigenvalue weighted by Gasteiger charge is -2.29. The highest BCUT2D eigenvalue weighted by atomic mass is 79.9. The van der Waals surface area contributed by atoms with E-state index in [2.05, 4.69) is 31.9 Å². The minimum absolute atomic E-state index is 0.0102. The van der Waals surface area contributed by atoms with Crippen LogP contribution in [0.25, 0.3) is 6.08 Å². The number of amides is 1. The molecule has 3 rings (SSSR count). The van der Waals surface area contributed by atoms with Crippen LogP contribution in [0.5, 0.6) is 0 Å². The molecule has 1 aromatic rings. The smallest absolute Gasteiger partial charge is 0.266 e. The molecule has 7 heteroatoms. The zero-order chi connectivity index (χ0) is 16.4. The number of carbonyl (C=O) groups excluding carboxylic acids is 1. The normalized spacial score (nSPS) is 22.5. The number of aliphatic imine (C=N–C) groups is 1. The van der Waals surface area contributed by atoms with E-state index >= 15 is 0 Å². The topological polar surface area (TPSA) is 45.1 Å². The number of hydrogen-bond acceptors (Lipinski definition) is 5. The van der Waals surface area contributed by atoms with Crippen LogP contribution in [0.1, 0.15) is 5.56 Å². The molecule has 0 aromatic heterocycles. The first kappa shape index (κ1) is 16.5. The van der Waals surface area contributed by atoms with Gasteiger partial charge in [-0.15, -0.1) is 0 Å². The molecule has 2 heterocycles. The van der Waals surface area contributed by atoms with Gasteiger partial charge in [0.15, 0.2) is 5.17 Å². The summed E-state index contributed by atoms with van der Waals surface area (Å²) in [6, 6.07) is 6.18. The van der Waals surface area contributed by atoms with Crippen LogP contribution in [0.4, 0.5) is 5.69 Å². The van der Waals surface area contributed by atoms with E-state index in [0.717, 1.165) is 47.2 Å². The molecule has 0 N–H and O–H groups in total. The second-order valence-electron chi connectivity index (χ2n) is 5.29. The first-order valence-corrected chi connectivity index (χ1v) is 8.97. The molecule has 0 unspecified atom stereocenters. The van der Waals surface area contributed by atoms with Crippen molar-refractivity contribution in [1.82, 2.24) is 4.90 Å². The van der Waals surface area contributed by atoms with E-state index in [-0.39, 0.29) is 5.91 Å². The Morgan fingerprint density at radius 3 is 2.70 bits per heavy atom. The third-order valence-electron chi connectivity index (χ3n) is 3.82. The van der Waals surface area contributed by atoms with Gasteiger partial charge in [-0.2, -0.15) is 0 Å². The van der Waals surface area contributed by atoms with Gasteiger partial charge in [-0.25, -0.2) is 0 Å². The molecule has 5 nitrogen and oxygen atoms in total. The lowest BCUT2D eigenvalue weighted by Crippen LogP contribution is -2.36. The Morgan fingerprint density at radius 1 is 1.35 bits per heavy atom. The lowest BCUT2D eigenvalue weighted by atomic mass is 10.1. The Hall–Kier alpha value is -1.31. The van der Waals surface area contributed by atoms with Crippen molar-refractivity contribution in [2.24, 2.45) is 4.99 Å². The molecule has 0 radical (unpaired) electrons. The Bertz CT molecular complexity index is 684. The first-order chi connectivity index (χ1) is 11.1. The van der Waals surface area contributed by atoms with Crippen molar-refractivity contribution in [2.45, 2.75) is 0 Å². The number of benzene rings is 1. The summed E-state index contributed by atoms with van der Waals surface area (Å²) in [6.45, 7) is 3.31. The molecule has 2 aliphatic heterocycles. The van der Waals surface area contributed by atoms with Crippen LogP contribution in [0.2, 0.25) is 0 Å². The van der Waals surface area contributed by atoms with Crippen LogP contribution in [-0.4, -0.2) is 56.4 Å². The number of anilines is 1. The van der Waals surface area contributed by atoms with Crippen LogP contribution in [0.3, 0.4) is 0 Å². The van der Waals surface area contributed by atoms with E-state index in [1.807, 2.05) is 18.2 Å². The molecule has 2 fully saturated rings. The number of morpholine rings is 1. The summed E-state index contributed by atoms with van der Waals surface area (Å²) in [6.07, 6.45) is 1.91. The molecular formula is C16H18BrN3O2S. The molecule has 1 amide bonds. The third kappa shape index (κ3) is 3.46. The van der Waals surface area contributed by atoms with E-state index in [1.54, 1.807) is 19.0 Å². The van der Waals surface area contributed by atoms with E-state index < -0.39 is 0 Å². The largest absolute Gasteiger partial charge is 0.378 e. The highest BCUT2D eigenvalue weighted by molar-refractivity contribution is 9.10. The average Bonchev–Trinajstić information content (AvgIpc) is 2.84. The van der Waals surface area contributed by atoms with Crippen LogP contribution < -0.4 is 4.90 Å². The van der Waals surface area contributed by atoms with Gasteiger partial charge in [0, 0.05) is 31.7 Å². The zero-order valence-electron chi connectivity index (χ0n) is 13.1. The van der Waals surface area contributed by atoms with Crippen LogP contribution in [0.15, 0.2) is 32.6 Å². The summed E-state index contributed by atoms with van der Waals surface area (Å²) in [5.41, 5.74) is 2.16. The summed E-state index contributed by atoms with van der Waals surface area (Å²) >= 11 is 5.05. The van der Waals surface area contributed by atoms with E-state index in [1.165, 1.54) is 11.8 Å². The molecule has 122 valence electrons. The van der Waals surface area contributed by atoms with Crippen LogP contribution >= 0.6 is 27.7 Å². The predicted octanol–water partition coefficient (Wildman–Crippen LogP) is 2.82. The van der Waals surface area contributed by atoms with Crippen molar-refractivity contribution < 1.29 is 9.53 Å². The summed E-state index contributed by atoms with van der Waals surface area (Å²) in [4.78, 5) is 20.9. The van der Waals surface area contributed by atoms with E-state index in [4.69, 9.17) is 4.74 Å². The number of rotatable bonds is 2. The van der Waals surface area contributed by atoms with Crippen LogP contribution in [-0.2, 0) is 9.53 Å². The SMILES string of the molecule is CN=C1S/C(=C\c2ccc(N3CCOCC3)c(Br)c2)C(=O)N1C. The van der Waals surface area contributed by atoms with Gasteiger partial charge >= 0.3 is 0 Å². The zero-order valence-corrected chi connectivity index (χ0v) is 15.5. The van der Waals surface area contributed by atoms with Gasteiger partial charge in [-0.3, -0.25) is 14.7 Å². The van der Waals surface area contributed by atoms with Crippen molar-refractivity contribution in [3.63, 3.8) is 0 Å². The molecule has 1 aromatic carbocycles. The third-order valence-corrected chi connectivity index (χ3v) is 5.60. The maximum absolute atomic E-state index is 12.2. The number of ether oxygens (including phenoxy) is 1. The van der Waals surface area contributed by atoms with Crippen molar-refractivity contribution >= 4 is 50.5 Å². The van der Waals surface area contributed by atoms with Crippen molar-refractivity contribution in [3.8, 4) is 0 Å². The van der Waals surface area contributed by atoms with Gasteiger partial charge in [-0.05, 0) is 51.5 Å². The number of amidine groups is 1. The maximum atomic E-state index is 12.2. The fourth-order valence-corrected chi connectivity index (χ4v) is 4.15. The number of likely N-dealkylation sites (N-methyl/N-ethyl adjacent to an activating group) is 1. The Balaban J connectivity index is 1.83. The number of nitrogens with zero attached hydrogens (tertiary/aromatic N) is 3. The molecule has 2 aliphatic rings.